The zero-order valence-electron chi connectivity index (χ0n) is 18.0. The minimum absolute atomic E-state index is 0.103. The molecule has 30 heavy (non-hydrogen) atoms. The lowest BCUT2D eigenvalue weighted by molar-refractivity contribution is 0.0373. The summed E-state index contributed by atoms with van der Waals surface area (Å²) in [7, 11) is -0.393. The maximum atomic E-state index is 13.2. The molecule has 1 aromatic rings. The Hall–Kier alpha value is -2.19. The van der Waals surface area contributed by atoms with Crippen molar-refractivity contribution in [2.75, 3.05) is 46.7 Å². The van der Waals surface area contributed by atoms with Gasteiger partial charge in [0.05, 0.1) is 25.4 Å². The number of sulfonamides is 1. The van der Waals surface area contributed by atoms with Crippen LogP contribution in [0.5, 0.6) is 5.88 Å². The van der Waals surface area contributed by atoms with Crippen LogP contribution in [-0.4, -0.2) is 92.5 Å². The van der Waals surface area contributed by atoms with Crippen LogP contribution in [0, 0.1) is 17.8 Å². The van der Waals surface area contributed by atoms with Gasteiger partial charge in [-0.2, -0.15) is 0 Å². The molecule has 1 amide bonds. The number of fused-ring (bicyclic) bond motifs is 1. The third-order valence-corrected chi connectivity index (χ3v) is 6.25. The molecule has 0 saturated carbocycles. The maximum absolute atomic E-state index is 13.2. The van der Waals surface area contributed by atoms with Gasteiger partial charge in [0, 0.05) is 38.4 Å². The fourth-order valence-corrected chi connectivity index (χ4v) is 3.41. The predicted octanol–water partition coefficient (Wildman–Crippen LogP) is 0.191. The van der Waals surface area contributed by atoms with Crippen LogP contribution in [0.2, 0.25) is 0 Å². The van der Waals surface area contributed by atoms with Crippen molar-refractivity contribution >= 4 is 15.9 Å². The standard InChI is InChI=1S/C20H29N3O6S/c1-14-11-23(15(2)13-24)20(25)17-9-16(7-6-8-28-4)10-21-19(17)29-18(14)12-22(3)30(5,26)27/h9-10,14-15,18,24H,8,11-13H2,1-5H3/t14-,15+,18-/m1/s1. The van der Waals surface area contributed by atoms with Crippen molar-refractivity contribution in [2.45, 2.75) is 26.0 Å². The maximum Gasteiger partial charge on any atom is 0.259 e. The van der Waals surface area contributed by atoms with E-state index in [1.54, 1.807) is 17.9 Å². The molecule has 1 aromatic heterocycles. The van der Waals surface area contributed by atoms with Crippen molar-refractivity contribution in [1.82, 2.24) is 14.2 Å². The number of hydrogen-bond donors (Lipinski definition) is 1. The summed E-state index contributed by atoms with van der Waals surface area (Å²) in [6, 6.07) is 1.17. The summed E-state index contributed by atoms with van der Waals surface area (Å²) in [6.07, 6.45) is 2.09. The van der Waals surface area contributed by atoms with Gasteiger partial charge in [-0.05, 0) is 13.0 Å². The molecule has 0 spiro atoms. The minimum Gasteiger partial charge on any atom is -0.472 e. The molecule has 1 N–H and O–H groups in total. The van der Waals surface area contributed by atoms with E-state index in [2.05, 4.69) is 16.8 Å². The Balaban J connectivity index is 2.49. The van der Waals surface area contributed by atoms with E-state index >= 15 is 0 Å². The zero-order valence-corrected chi connectivity index (χ0v) is 18.8. The van der Waals surface area contributed by atoms with Gasteiger partial charge in [-0.3, -0.25) is 4.79 Å². The van der Waals surface area contributed by atoms with Gasteiger partial charge in [-0.1, -0.05) is 18.8 Å². The van der Waals surface area contributed by atoms with Crippen molar-refractivity contribution < 1.29 is 27.8 Å². The third-order valence-electron chi connectivity index (χ3n) is 4.97. The van der Waals surface area contributed by atoms with Crippen LogP contribution in [-0.2, 0) is 14.8 Å². The van der Waals surface area contributed by atoms with Crippen molar-refractivity contribution in [1.29, 1.82) is 0 Å². The van der Waals surface area contributed by atoms with Crippen LogP contribution >= 0.6 is 0 Å². The van der Waals surface area contributed by atoms with Crippen molar-refractivity contribution in [2.24, 2.45) is 5.92 Å². The molecule has 0 unspecified atom stereocenters. The number of hydrogen-bond acceptors (Lipinski definition) is 7. The first-order valence-corrected chi connectivity index (χ1v) is 11.4. The number of carbonyl (C=O) groups is 1. The normalized spacial score (nSPS) is 20.5. The number of pyridine rings is 1. The Morgan fingerprint density at radius 2 is 2.20 bits per heavy atom. The Morgan fingerprint density at radius 1 is 1.50 bits per heavy atom. The molecule has 9 nitrogen and oxygen atoms in total. The second kappa shape index (κ2) is 10.2. The number of ether oxygens (including phenoxy) is 2. The molecule has 0 aromatic carbocycles. The summed E-state index contributed by atoms with van der Waals surface area (Å²) in [4.78, 5) is 19.1. The summed E-state index contributed by atoms with van der Waals surface area (Å²) in [5, 5.41) is 9.65. The average Bonchev–Trinajstić information content (AvgIpc) is 2.69. The summed E-state index contributed by atoms with van der Waals surface area (Å²) in [5.41, 5.74) is 0.746. The number of rotatable bonds is 6. The molecule has 0 aliphatic carbocycles. The predicted molar refractivity (Wildman–Crippen MR) is 112 cm³/mol. The van der Waals surface area contributed by atoms with Gasteiger partial charge in [0.1, 0.15) is 18.3 Å². The van der Waals surface area contributed by atoms with Crippen LogP contribution in [0.25, 0.3) is 0 Å². The van der Waals surface area contributed by atoms with Gasteiger partial charge < -0.3 is 19.5 Å². The van der Waals surface area contributed by atoms with Crippen LogP contribution < -0.4 is 4.74 Å². The Morgan fingerprint density at radius 3 is 2.80 bits per heavy atom. The number of aliphatic hydroxyl groups is 1. The lowest BCUT2D eigenvalue weighted by atomic mass is 10.0. The molecule has 2 rings (SSSR count). The van der Waals surface area contributed by atoms with E-state index in [1.165, 1.54) is 24.7 Å². The molecule has 2 heterocycles. The van der Waals surface area contributed by atoms with Gasteiger partial charge in [0.15, 0.2) is 0 Å². The summed E-state index contributed by atoms with van der Waals surface area (Å²) in [5.74, 6) is 5.28. The molecule has 1 aliphatic rings. The quantitative estimate of drug-likeness (QED) is 0.630. The highest BCUT2D eigenvalue weighted by atomic mass is 32.2. The number of aromatic nitrogens is 1. The first-order chi connectivity index (χ1) is 14.1. The SMILES string of the molecule is COCC#Cc1cnc2c(c1)C(=O)N([C@@H](C)CO)C[C@@H](C)[C@@H](CN(C)S(C)(=O)=O)O2. The fourth-order valence-electron chi connectivity index (χ4n) is 2.99. The topological polar surface area (TPSA) is 109 Å². The van der Waals surface area contributed by atoms with Gasteiger partial charge in [0.25, 0.3) is 5.91 Å². The first kappa shape index (κ1) is 24.1. The van der Waals surface area contributed by atoms with E-state index in [1.807, 2.05) is 6.92 Å². The van der Waals surface area contributed by atoms with E-state index in [0.717, 1.165) is 6.26 Å². The van der Waals surface area contributed by atoms with Crippen molar-refractivity contribution in [3.8, 4) is 17.7 Å². The number of carbonyl (C=O) groups excluding carboxylic acids is 1. The highest BCUT2D eigenvalue weighted by molar-refractivity contribution is 7.88. The van der Waals surface area contributed by atoms with Gasteiger partial charge in [-0.15, -0.1) is 0 Å². The molecular formula is C20H29N3O6S. The Bertz CT molecular complexity index is 924. The van der Waals surface area contributed by atoms with E-state index < -0.39 is 22.2 Å². The molecule has 1 aliphatic heterocycles. The number of likely N-dealkylation sites (N-methyl/N-ethyl adjacent to an activating group) is 1. The number of amides is 1. The van der Waals surface area contributed by atoms with E-state index in [9.17, 15) is 18.3 Å². The minimum atomic E-state index is -3.41. The molecule has 3 atom stereocenters. The molecule has 0 radical (unpaired) electrons. The molecule has 10 heteroatoms. The molecule has 166 valence electrons. The second-order valence-corrected chi connectivity index (χ2v) is 9.57. The van der Waals surface area contributed by atoms with Gasteiger partial charge >= 0.3 is 0 Å². The van der Waals surface area contributed by atoms with Gasteiger partial charge in [0.2, 0.25) is 15.9 Å². The van der Waals surface area contributed by atoms with Crippen LogP contribution in [0.1, 0.15) is 29.8 Å². The third kappa shape index (κ3) is 5.92. The van der Waals surface area contributed by atoms with E-state index in [4.69, 9.17) is 9.47 Å². The molecule has 0 fully saturated rings. The molecule has 0 saturated heterocycles. The van der Waals surface area contributed by atoms with Crippen molar-refractivity contribution in [3.63, 3.8) is 0 Å². The monoisotopic (exact) mass is 439 g/mol. The lowest BCUT2D eigenvalue weighted by Gasteiger charge is -2.37. The van der Waals surface area contributed by atoms with Crippen molar-refractivity contribution in [3.05, 3.63) is 23.4 Å². The fraction of sp³-hybridized carbons (Fsp3) is 0.600. The zero-order chi connectivity index (χ0) is 22.5. The Labute approximate surface area is 178 Å². The number of aliphatic hydroxyl groups excluding tert-OH is 1. The highest BCUT2D eigenvalue weighted by Gasteiger charge is 2.35. The van der Waals surface area contributed by atoms with Gasteiger partial charge in [-0.25, -0.2) is 17.7 Å². The smallest absolute Gasteiger partial charge is 0.259 e. The van der Waals surface area contributed by atoms with Crippen LogP contribution in [0.4, 0.5) is 0 Å². The van der Waals surface area contributed by atoms with Crippen LogP contribution in [0.15, 0.2) is 12.3 Å². The summed E-state index contributed by atoms with van der Waals surface area (Å²) in [6.45, 7) is 4.06. The number of methoxy groups -OCH3 is 1. The largest absolute Gasteiger partial charge is 0.472 e. The summed E-state index contributed by atoms with van der Waals surface area (Å²) < 4.78 is 35.9. The highest BCUT2D eigenvalue weighted by Crippen LogP contribution is 2.27. The molecule has 0 bridgehead atoms. The Kier molecular flexibility index (Phi) is 8.20. The summed E-state index contributed by atoms with van der Waals surface area (Å²) >= 11 is 0. The lowest BCUT2D eigenvalue weighted by Crippen LogP contribution is -2.50. The van der Waals surface area contributed by atoms with Crippen LogP contribution in [0.3, 0.4) is 0 Å². The first-order valence-electron chi connectivity index (χ1n) is 9.56. The van der Waals surface area contributed by atoms with E-state index in [0.29, 0.717) is 12.1 Å². The van der Waals surface area contributed by atoms with E-state index in [-0.39, 0.29) is 43.0 Å². The number of nitrogens with zero attached hydrogens (tertiary/aromatic N) is 3. The molecular weight excluding hydrogens is 410 g/mol. The average molecular weight is 440 g/mol. The second-order valence-electron chi connectivity index (χ2n) is 7.48.